The van der Waals surface area contributed by atoms with Gasteiger partial charge in [-0.25, -0.2) is 0 Å². The number of esters is 2. The van der Waals surface area contributed by atoms with Crippen LogP contribution >= 0.6 is 0 Å². The molecule has 0 aromatic heterocycles. The van der Waals surface area contributed by atoms with Crippen molar-refractivity contribution in [1.82, 2.24) is 0 Å². The number of hydrogen-bond acceptors (Lipinski definition) is 12. The Hall–Kier alpha value is -1.32. The molecule has 0 aromatic carbocycles. The van der Waals surface area contributed by atoms with Crippen LogP contribution in [0.2, 0.25) is 0 Å². The Morgan fingerprint density at radius 2 is 1.43 bits per heavy atom. The fourth-order valence-electron chi connectivity index (χ4n) is 2.66. The van der Waals surface area contributed by atoms with Crippen molar-refractivity contribution < 1.29 is 53.7 Å². The van der Waals surface area contributed by atoms with Crippen LogP contribution in [0.3, 0.4) is 0 Å². The van der Waals surface area contributed by atoms with Gasteiger partial charge in [-0.2, -0.15) is 16.8 Å². The molecule has 1 aliphatic rings. The van der Waals surface area contributed by atoms with Crippen molar-refractivity contribution in [2.24, 2.45) is 0 Å². The zero-order valence-electron chi connectivity index (χ0n) is 17.5. The highest BCUT2D eigenvalue weighted by molar-refractivity contribution is 7.86. The Labute approximate surface area is 176 Å². The minimum absolute atomic E-state index is 0.134. The molecule has 0 bridgehead atoms. The van der Waals surface area contributed by atoms with E-state index in [1.807, 2.05) is 6.92 Å². The molecule has 0 spiro atoms. The highest BCUT2D eigenvalue weighted by atomic mass is 32.2. The summed E-state index contributed by atoms with van der Waals surface area (Å²) in [5.41, 5.74) is -1.89. The van der Waals surface area contributed by atoms with Crippen molar-refractivity contribution in [1.29, 1.82) is 0 Å². The molecule has 176 valence electrons. The minimum Gasteiger partial charge on any atom is -0.453 e. The fraction of sp³-hybridized carbons (Fsp3) is 0.875. The topological polar surface area (TPSA) is 158 Å². The van der Waals surface area contributed by atoms with Crippen molar-refractivity contribution in [2.75, 3.05) is 32.3 Å². The highest BCUT2D eigenvalue weighted by Crippen LogP contribution is 2.38. The average molecular weight is 477 g/mol. The Morgan fingerprint density at radius 3 is 1.83 bits per heavy atom. The van der Waals surface area contributed by atoms with E-state index >= 15 is 0 Å². The van der Waals surface area contributed by atoms with Gasteiger partial charge in [0.2, 0.25) is 6.29 Å². The van der Waals surface area contributed by atoms with E-state index in [1.54, 1.807) is 0 Å². The summed E-state index contributed by atoms with van der Waals surface area (Å²) in [5.74, 6) is -1.54. The Balaban J connectivity index is 3.40. The maximum absolute atomic E-state index is 11.6. The lowest BCUT2D eigenvalue weighted by molar-refractivity contribution is -0.211. The van der Waals surface area contributed by atoms with Gasteiger partial charge in [-0.3, -0.25) is 18.0 Å². The normalized spacial score (nSPS) is 23.8. The smallest absolute Gasteiger partial charge is 0.305 e. The molecular formula is C16H28O12S2. The van der Waals surface area contributed by atoms with Gasteiger partial charge in [0.15, 0.2) is 11.7 Å². The van der Waals surface area contributed by atoms with Crippen LogP contribution in [0.4, 0.5) is 0 Å². The number of carbonyl (C=O) groups is 2. The molecule has 0 aliphatic carbocycles. The summed E-state index contributed by atoms with van der Waals surface area (Å²) in [4.78, 5) is 23.1. The zero-order valence-corrected chi connectivity index (χ0v) is 19.1. The third-order valence-corrected chi connectivity index (χ3v) is 4.94. The van der Waals surface area contributed by atoms with Crippen molar-refractivity contribution >= 4 is 32.2 Å². The van der Waals surface area contributed by atoms with Crippen molar-refractivity contribution in [3.63, 3.8) is 0 Å². The quantitative estimate of drug-likeness (QED) is 0.206. The van der Waals surface area contributed by atoms with E-state index in [2.05, 4.69) is 0 Å². The standard InChI is InChI=1S/C16H28O12S2/c1-6-7-8-23-14-13(26-11(2)17)15(27-12(3)18)28-16(14,9-24-29(4,19)20)10-25-30(5,21)22/h13-15H,6-10H2,1-5H3/t13-,14+,15?/m1/s1. The molecule has 1 fully saturated rings. The molecule has 0 N–H and O–H groups in total. The van der Waals surface area contributed by atoms with Crippen LogP contribution in [0.15, 0.2) is 0 Å². The largest absolute Gasteiger partial charge is 0.453 e. The number of ether oxygens (including phenoxy) is 4. The zero-order chi connectivity index (χ0) is 23.2. The van der Waals surface area contributed by atoms with Crippen LogP contribution in [-0.4, -0.2) is 85.2 Å². The molecule has 0 amide bonds. The first-order valence-electron chi connectivity index (χ1n) is 9.02. The van der Waals surface area contributed by atoms with Crippen LogP contribution in [0.1, 0.15) is 33.6 Å². The lowest BCUT2D eigenvalue weighted by Crippen LogP contribution is -2.53. The molecule has 0 radical (unpaired) electrons. The van der Waals surface area contributed by atoms with Crippen LogP contribution in [0.25, 0.3) is 0 Å². The monoisotopic (exact) mass is 476 g/mol. The first-order valence-corrected chi connectivity index (χ1v) is 12.6. The second kappa shape index (κ2) is 10.8. The van der Waals surface area contributed by atoms with E-state index in [9.17, 15) is 26.4 Å². The number of carbonyl (C=O) groups excluding carboxylic acids is 2. The predicted molar refractivity (Wildman–Crippen MR) is 101 cm³/mol. The minimum atomic E-state index is -3.99. The molecule has 0 saturated carbocycles. The van der Waals surface area contributed by atoms with E-state index in [-0.39, 0.29) is 6.61 Å². The SMILES string of the molecule is CCCCO[C@H]1[C@@H](OC(C)=O)C(OC(C)=O)OC1(COS(C)(=O)=O)COS(C)(=O)=O. The summed E-state index contributed by atoms with van der Waals surface area (Å²) >= 11 is 0. The van der Waals surface area contributed by atoms with Gasteiger partial charge in [0.1, 0.15) is 19.3 Å². The number of hydrogen-bond donors (Lipinski definition) is 0. The first-order chi connectivity index (χ1) is 13.7. The number of rotatable bonds is 12. The van der Waals surface area contributed by atoms with Gasteiger partial charge in [-0.15, -0.1) is 0 Å². The number of unbranched alkanes of at least 4 members (excludes halogenated alkanes) is 1. The molecule has 14 heteroatoms. The molecule has 12 nitrogen and oxygen atoms in total. The predicted octanol–water partition coefficient (Wildman–Crippen LogP) is -0.286. The fourth-order valence-corrected chi connectivity index (χ4v) is 3.49. The van der Waals surface area contributed by atoms with Crippen molar-refractivity contribution in [2.45, 2.75) is 57.7 Å². The Bertz CT molecular complexity index is 768. The van der Waals surface area contributed by atoms with Gasteiger partial charge in [0, 0.05) is 20.5 Å². The summed E-state index contributed by atoms with van der Waals surface area (Å²) in [7, 11) is -7.98. The van der Waals surface area contributed by atoms with Gasteiger partial charge < -0.3 is 18.9 Å². The van der Waals surface area contributed by atoms with Gasteiger partial charge >= 0.3 is 11.9 Å². The molecule has 1 aliphatic heterocycles. The average Bonchev–Trinajstić information content (AvgIpc) is 2.83. The summed E-state index contributed by atoms with van der Waals surface area (Å²) in [5, 5.41) is 0. The van der Waals surface area contributed by atoms with Gasteiger partial charge in [-0.05, 0) is 6.42 Å². The van der Waals surface area contributed by atoms with Crippen molar-refractivity contribution in [3.8, 4) is 0 Å². The summed E-state index contributed by atoms with van der Waals surface area (Å²) in [6.45, 7) is 2.73. The molecule has 0 aromatic rings. The van der Waals surface area contributed by atoms with E-state index in [1.165, 1.54) is 0 Å². The van der Waals surface area contributed by atoms with Gasteiger partial charge in [0.05, 0.1) is 12.5 Å². The van der Waals surface area contributed by atoms with Crippen LogP contribution in [0.5, 0.6) is 0 Å². The molecule has 3 atom stereocenters. The Kier molecular flexibility index (Phi) is 9.63. The third-order valence-electron chi connectivity index (χ3n) is 3.85. The third kappa shape index (κ3) is 8.81. The van der Waals surface area contributed by atoms with Crippen molar-refractivity contribution in [3.05, 3.63) is 0 Å². The molecule has 1 unspecified atom stereocenters. The Morgan fingerprint density at radius 1 is 0.933 bits per heavy atom. The summed E-state index contributed by atoms with van der Waals surface area (Å²) in [6.07, 6.45) is -1.21. The molecule has 1 heterocycles. The van der Waals surface area contributed by atoms with Crippen LogP contribution < -0.4 is 0 Å². The van der Waals surface area contributed by atoms with E-state index < -0.39 is 69.5 Å². The summed E-state index contributed by atoms with van der Waals surface area (Å²) in [6, 6.07) is 0. The highest BCUT2D eigenvalue weighted by Gasteiger charge is 2.60. The molecule has 1 saturated heterocycles. The maximum atomic E-state index is 11.6. The van der Waals surface area contributed by atoms with Gasteiger partial charge in [0.25, 0.3) is 20.2 Å². The lowest BCUT2D eigenvalue weighted by atomic mass is 9.96. The van der Waals surface area contributed by atoms with E-state index in [0.717, 1.165) is 32.8 Å². The van der Waals surface area contributed by atoms with Gasteiger partial charge in [-0.1, -0.05) is 13.3 Å². The van der Waals surface area contributed by atoms with Crippen LogP contribution in [0, 0.1) is 0 Å². The van der Waals surface area contributed by atoms with E-state index in [4.69, 9.17) is 27.3 Å². The molecular weight excluding hydrogens is 448 g/mol. The maximum Gasteiger partial charge on any atom is 0.305 e. The second-order valence-electron chi connectivity index (χ2n) is 6.81. The van der Waals surface area contributed by atoms with Crippen LogP contribution in [-0.2, 0) is 57.1 Å². The van der Waals surface area contributed by atoms with E-state index in [0.29, 0.717) is 6.42 Å². The lowest BCUT2D eigenvalue weighted by Gasteiger charge is -2.33. The molecule has 1 rings (SSSR count). The first kappa shape index (κ1) is 26.7. The second-order valence-corrected chi connectivity index (χ2v) is 10.1. The summed E-state index contributed by atoms with van der Waals surface area (Å²) < 4.78 is 77.7. The molecule has 30 heavy (non-hydrogen) atoms.